The molecule has 1 unspecified atom stereocenters. The lowest BCUT2D eigenvalue weighted by atomic mass is 10.0. The van der Waals surface area contributed by atoms with Crippen molar-refractivity contribution in [2.45, 2.75) is 32.7 Å². The zero-order valence-electron chi connectivity index (χ0n) is 22.6. The molecule has 9 heteroatoms. The molecule has 0 aliphatic heterocycles. The van der Waals surface area contributed by atoms with Gasteiger partial charge in [-0.25, -0.2) is 0 Å². The maximum atomic E-state index is 12.9. The number of nitrogens with zero attached hydrogens (tertiary/aromatic N) is 1. The van der Waals surface area contributed by atoms with Gasteiger partial charge in [-0.3, -0.25) is 24.2 Å². The van der Waals surface area contributed by atoms with Crippen LogP contribution in [0, 0.1) is 5.92 Å². The molecule has 0 spiro atoms. The number of amides is 3. The van der Waals surface area contributed by atoms with Crippen molar-refractivity contribution in [2.24, 2.45) is 5.92 Å². The molecule has 40 heavy (non-hydrogen) atoms. The van der Waals surface area contributed by atoms with E-state index in [-0.39, 0.29) is 37.1 Å². The monoisotopic (exact) mass is 539 g/mol. The highest BCUT2D eigenvalue weighted by Crippen LogP contribution is 2.18. The van der Waals surface area contributed by atoms with E-state index in [1.165, 1.54) is 0 Å². The fraction of sp³-hybridized carbons (Fsp3) is 0.258. The summed E-state index contributed by atoms with van der Waals surface area (Å²) in [5.74, 6) is -1.38. The third-order valence-electron chi connectivity index (χ3n) is 6.30. The van der Waals surface area contributed by atoms with E-state index in [4.69, 9.17) is 0 Å². The number of pyridine rings is 1. The number of Topliss-reactive ketones (excluding diaryl/α,β-unsaturated/α-hetero) is 1. The molecule has 2 heterocycles. The van der Waals surface area contributed by atoms with E-state index in [9.17, 15) is 19.2 Å². The highest BCUT2D eigenvalue weighted by molar-refractivity contribution is 6.00. The summed E-state index contributed by atoms with van der Waals surface area (Å²) in [6.07, 6.45) is 2.22. The molecule has 4 aromatic rings. The van der Waals surface area contributed by atoms with Gasteiger partial charge in [-0.15, -0.1) is 0 Å². The van der Waals surface area contributed by atoms with E-state index < -0.39 is 17.9 Å². The molecule has 4 N–H and O–H groups in total. The number of para-hydroxylation sites is 1. The Labute approximate surface area is 232 Å². The van der Waals surface area contributed by atoms with Gasteiger partial charge in [0.05, 0.1) is 25.2 Å². The molecule has 2 aromatic carbocycles. The Morgan fingerprint density at radius 1 is 0.875 bits per heavy atom. The average molecular weight is 540 g/mol. The number of nitrogens with one attached hydrogen (secondary N) is 4. The van der Waals surface area contributed by atoms with Gasteiger partial charge in [0.15, 0.2) is 5.78 Å². The van der Waals surface area contributed by atoms with Crippen LogP contribution in [0.4, 0.5) is 0 Å². The second-order valence-electron chi connectivity index (χ2n) is 10.1. The van der Waals surface area contributed by atoms with Gasteiger partial charge in [0.2, 0.25) is 11.8 Å². The number of carbonyl (C=O) groups is 4. The van der Waals surface area contributed by atoms with Crippen LogP contribution in [0.1, 0.15) is 36.3 Å². The van der Waals surface area contributed by atoms with Crippen molar-refractivity contribution in [3.63, 3.8) is 0 Å². The minimum atomic E-state index is -0.812. The first kappa shape index (κ1) is 28.2. The lowest BCUT2D eigenvalue weighted by molar-refractivity contribution is -0.127. The van der Waals surface area contributed by atoms with E-state index >= 15 is 0 Å². The number of fused-ring (bicyclic) bond motifs is 1. The van der Waals surface area contributed by atoms with Gasteiger partial charge in [-0.2, -0.15) is 0 Å². The number of hydrogen-bond donors (Lipinski definition) is 4. The predicted octanol–water partition coefficient (Wildman–Crippen LogP) is 3.42. The quantitative estimate of drug-likeness (QED) is 0.219. The number of benzene rings is 2. The SMILES string of the molecule is CC(C)CC(NC(=O)c1cc2ccccc2[nH]1)C(=O)NCC(=O)CNC(=O)Cc1cccc(-c2ccccn2)c1. The molecule has 0 saturated heterocycles. The highest BCUT2D eigenvalue weighted by Gasteiger charge is 2.24. The van der Waals surface area contributed by atoms with Gasteiger partial charge in [0.25, 0.3) is 5.91 Å². The lowest BCUT2D eigenvalue weighted by Crippen LogP contribution is -2.49. The van der Waals surface area contributed by atoms with Crippen LogP contribution in [0.15, 0.2) is 79.0 Å². The Bertz CT molecular complexity index is 1460. The van der Waals surface area contributed by atoms with Crippen molar-refractivity contribution in [2.75, 3.05) is 13.1 Å². The predicted molar refractivity (Wildman–Crippen MR) is 153 cm³/mol. The first-order valence-electron chi connectivity index (χ1n) is 13.2. The average Bonchev–Trinajstić information content (AvgIpc) is 3.39. The number of hydrogen-bond acceptors (Lipinski definition) is 5. The van der Waals surface area contributed by atoms with Crippen LogP contribution in [0.5, 0.6) is 0 Å². The van der Waals surface area contributed by atoms with Crippen LogP contribution in [0.2, 0.25) is 0 Å². The van der Waals surface area contributed by atoms with E-state index in [0.29, 0.717) is 12.1 Å². The number of aromatic amines is 1. The zero-order valence-corrected chi connectivity index (χ0v) is 22.6. The molecule has 0 bridgehead atoms. The Hall–Kier alpha value is -4.79. The van der Waals surface area contributed by atoms with Crippen molar-refractivity contribution in [1.29, 1.82) is 0 Å². The number of ketones is 1. The number of carbonyl (C=O) groups excluding carboxylic acids is 4. The number of rotatable bonds is 12. The van der Waals surface area contributed by atoms with Crippen LogP contribution < -0.4 is 16.0 Å². The molecule has 0 radical (unpaired) electrons. The van der Waals surface area contributed by atoms with Crippen LogP contribution in [0.25, 0.3) is 22.2 Å². The second-order valence-corrected chi connectivity index (χ2v) is 10.1. The largest absolute Gasteiger partial charge is 0.351 e. The molecule has 206 valence electrons. The summed E-state index contributed by atoms with van der Waals surface area (Å²) >= 11 is 0. The van der Waals surface area contributed by atoms with E-state index in [1.807, 2.05) is 80.6 Å². The molecule has 0 saturated carbocycles. The summed E-state index contributed by atoms with van der Waals surface area (Å²) in [5.41, 5.74) is 3.68. The van der Waals surface area contributed by atoms with Crippen LogP contribution >= 0.6 is 0 Å². The van der Waals surface area contributed by atoms with Crippen LogP contribution in [-0.2, 0) is 20.8 Å². The van der Waals surface area contributed by atoms with Crippen molar-refractivity contribution in [3.8, 4) is 11.3 Å². The third kappa shape index (κ3) is 7.86. The zero-order chi connectivity index (χ0) is 28.5. The van der Waals surface area contributed by atoms with Gasteiger partial charge < -0.3 is 20.9 Å². The maximum absolute atomic E-state index is 12.9. The molecule has 0 aliphatic carbocycles. The molecule has 9 nitrogen and oxygen atoms in total. The molecular formula is C31H33N5O4. The van der Waals surface area contributed by atoms with Gasteiger partial charge in [-0.1, -0.05) is 56.3 Å². The molecule has 0 aliphatic rings. The summed E-state index contributed by atoms with van der Waals surface area (Å²) in [7, 11) is 0. The molecule has 4 rings (SSSR count). The molecular weight excluding hydrogens is 506 g/mol. The summed E-state index contributed by atoms with van der Waals surface area (Å²) in [6, 6.07) is 21.6. The molecule has 0 fully saturated rings. The molecule has 3 amide bonds. The second kappa shape index (κ2) is 13.3. The van der Waals surface area contributed by atoms with E-state index in [1.54, 1.807) is 12.3 Å². The van der Waals surface area contributed by atoms with Crippen LogP contribution in [-0.4, -0.2) is 52.6 Å². The summed E-state index contributed by atoms with van der Waals surface area (Å²) in [5, 5.41) is 8.88. The standard InChI is InChI=1S/C31H33N5O4/c1-20(2)14-27(36-31(40)28-17-23-9-3-4-12-26(23)35-28)30(39)34-19-24(37)18-33-29(38)16-21-8-7-10-22(15-21)25-11-5-6-13-32-25/h3-13,15,17,20,27,35H,14,16,18-19H2,1-2H3,(H,33,38)(H,34,39)(H,36,40). The number of aromatic nitrogens is 2. The molecule has 1 atom stereocenters. The van der Waals surface area contributed by atoms with Crippen molar-refractivity contribution >= 4 is 34.4 Å². The van der Waals surface area contributed by atoms with Crippen molar-refractivity contribution in [1.82, 2.24) is 25.9 Å². The smallest absolute Gasteiger partial charge is 0.268 e. The minimum Gasteiger partial charge on any atom is -0.351 e. The first-order valence-corrected chi connectivity index (χ1v) is 13.2. The normalized spacial score (nSPS) is 11.7. The van der Waals surface area contributed by atoms with Crippen molar-refractivity contribution < 1.29 is 19.2 Å². The highest BCUT2D eigenvalue weighted by atomic mass is 16.2. The van der Waals surface area contributed by atoms with Gasteiger partial charge in [0, 0.05) is 22.7 Å². The van der Waals surface area contributed by atoms with Gasteiger partial charge >= 0.3 is 0 Å². The Morgan fingerprint density at radius 2 is 1.65 bits per heavy atom. The third-order valence-corrected chi connectivity index (χ3v) is 6.30. The maximum Gasteiger partial charge on any atom is 0.268 e. The lowest BCUT2D eigenvalue weighted by Gasteiger charge is -2.19. The first-order chi connectivity index (χ1) is 19.3. The van der Waals surface area contributed by atoms with Gasteiger partial charge in [0.1, 0.15) is 11.7 Å². The number of H-pyrrole nitrogens is 1. The van der Waals surface area contributed by atoms with E-state index in [0.717, 1.165) is 27.7 Å². The summed E-state index contributed by atoms with van der Waals surface area (Å²) in [4.78, 5) is 57.9. The Kier molecular flexibility index (Phi) is 9.40. The van der Waals surface area contributed by atoms with Crippen molar-refractivity contribution in [3.05, 3.63) is 90.3 Å². The van der Waals surface area contributed by atoms with Crippen LogP contribution in [0.3, 0.4) is 0 Å². The van der Waals surface area contributed by atoms with Gasteiger partial charge in [-0.05, 0) is 48.2 Å². The minimum absolute atomic E-state index is 0.108. The Balaban J connectivity index is 1.25. The fourth-order valence-corrected chi connectivity index (χ4v) is 4.33. The fourth-order valence-electron chi connectivity index (χ4n) is 4.33. The summed E-state index contributed by atoms with van der Waals surface area (Å²) < 4.78 is 0. The summed E-state index contributed by atoms with van der Waals surface area (Å²) in [6.45, 7) is 3.42. The molecule has 2 aromatic heterocycles. The topological polar surface area (TPSA) is 133 Å². The Morgan fingerprint density at radius 3 is 2.40 bits per heavy atom. The van der Waals surface area contributed by atoms with E-state index in [2.05, 4.69) is 25.9 Å².